The maximum atomic E-state index is 12.4. The van der Waals surface area contributed by atoms with Gasteiger partial charge in [0, 0.05) is 11.3 Å². The number of hydrogen-bond acceptors (Lipinski definition) is 6. The van der Waals surface area contributed by atoms with Crippen LogP contribution >= 0.6 is 0 Å². The summed E-state index contributed by atoms with van der Waals surface area (Å²) in [6.45, 7) is 0. The molecule has 1 aromatic rings. The molecular formula is C13H10FN7O4. The Bertz CT molecular complexity index is 877. The first-order valence-electron chi connectivity index (χ1n) is 6.52. The van der Waals surface area contributed by atoms with Gasteiger partial charge in [0.25, 0.3) is 11.8 Å². The average Bonchev–Trinajstić information content (AvgIpc) is 2.83. The minimum Gasteiger partial charge on any atom is -0.399 e. The minimum absolute atomic E-state index is 0. The Morgan fingerprint density at radius 3 is 2.68 bits per heavy atom. The number of amides is 6. The molecule has 0 saturated carbocycles. The molecule has 1 aromatic carbocycles. The number of rotatable bonds is 2. The zero-order chi connectivity index (χ0) is 17.5. The average molecular weight is 347 g/mol. The minimum atomic E-state index is -2.03. The number of anilines is 1. The Balaban J connectivity index is 0.00000225. The van der Waals surface area contributed by atoms with Crippen LogP contribution in [0.5, 0.6) is 0 Å². The molecule has 1 atom stereocenters. The highest BCUT2D eigenvalue weighted by atomic mass is 19.0. The van der Waals surface area contributed by atoms with E-state index in [1.54, 1.807) is 6.07 Å². The summed E-state index contributed by atoms with van der Waals surface area (Å²) in [4.78, 5) is 51.5. The Morgan fingerprint density at radius 1 is 1.32 bits per heavy atom. The number of aliphatic imine (C=N–C) groups is 1. The number of urea groups is 2. The maximum absolute atomic E-state index is 12.4. The summed E-state index contributed by atoms with van der Waals surface area (Å²) in [5.74, 6) is -3.87. The molecule has 0 aromatic heterocycles. The molecule has 3 rings (SSSR count). The first-order chi connectivity index (χ1) is 11.4. The highest BCUT2D eigenvalue weighted by molar-refractivity contribution is 6.49. The summed E-state index contributed by atoms with van der Waals surface area (Å²) >= 11 is 0. The predicted molar refractivity (Wildman–Crippen MR) is 80.5 cm³/mol. The number of hydrogen-bond donors (Lipinski definition) is 4. The molecule has 5 N–H and O–H groups in total. The molecular weight excluding hydrogens is 337 g/mol. The van der Waals surface area contributed by atoms with Gasteiger partial charge < -0.3 is 11.1 Å². The predicted octanol–water partition coefficient (Wildman–Crippen LogP) is -0.998. The van der Waals surface area contributed by atoms with E-state index in [1.807, 2.05) is 0 Å². The number of fused-ring (bicyclic) bond motifs is 1. The summed E-state index contributed by atoms with van der Waals surface area (Å²) < 4.78 is 0. The number of nitrogens with one attached hydrogen (secondary N) is 3. The van der Waals surface area contributed by atoms with Crippen LogP contribution in [0.1, 0.15) is 10.4 Å². The van der Waals surface area contributed by atoms with Crippen LogP contribution in [-0.4, -0.2) is 40.3 Å². The molecule has 25 heavy (non-hydrogen) atoms. The summed E-state index contributed by atoms with van der Waals surface area (Å²) in [5, 5.41) is 15.5. The second-order valence-electron chi connectivity index (χ2n) is 4.89. The topological polar surface area (TPSA) is 170 Å². The lowest BCUT2D eigenvalue weighted by Gasteiger charge is -2.36. The Labute approximate surface area is 138 Å². The molecule has 0 spiro atoms. The summed E-state index contributed by atoms with van der Waals surface area (Å²) in [5.41, 5.74) is 5.53. The number of nitrogens with zero attached hydrogens (tertiary/aromatic N) is 3. The highest BCUT2D eigenvalue weighted by Crippen LogP contribution is 2.18. The van der Waals surface area contributed by atoms with Crippen LogP contribution in [0.2, 0.25) is 0 Å². The second kappa shape index (κ2) is 5.89. The van der Waals surface area contributed by atoms with Crippen molar-refractivity contribution in [3.05, 3.63) is 29.8 Å². The van der Waals surface area contributed by atoms with Gasteiger partial charge >= 0.3 is 12.1 Å². The molecule has 128 valence electrons. The second-order valence-corrected chi connectivity index (χ2v) is 4.89. The van der Waals surface area contributed by atoms with E-state index in [0.29, 0.717) is 5.69 Å². The summed E-state index contributed by atoms with van der Waals surface area (Å²) in [6.07, 6.45) is 1.36. The van der Waals surface area contributed by atoms with Crippen molar-refractivity contribution in [2.45, 2.75) is 5.79 Å². The van der Waals surface area contributed by atoms with Crippen molar-refractivity contribution >= 4 is 35.3 Å². The van der Waals surface area contributed by atoms with Gasteiger partial charge in [0.2, 0.25) is 5.79 Å². The molecule has 0 radical (unpaired) electrons. The van der Waals surface area contributed by atoms with Crippen LogP contribution < -0.4 is 21.7 Å². The first-order valence-corrected chi connectivity index (χ1v) is 6.52. The molecule has 2 aliphatic heterocycles. The molecule has 0 bridgehead atoms. The van der Waals surface area contributed by atoms with Gasteiger partial charge in [0.15, 0.2) is 11.9 Å². The monoisotopic (exact) mass is 347 g/mol. The molecule has 1 unspecified atom stereocenters. The van der Waals surface area contributed by atoms with Crippen LogP contribution in [0.3, 0.4) is 0 Å². The molecule has 6 amide bonds. The van der Waals surface area contributed by atoms with Crippen LogP contribution in [-0.2, 0) is 4.79 Å². The molecule has 0 aliphatic carbocycles. The summed E-state index contributed by atoms with van der Waals surface area (Å²) in [7, 11) is 0. The Hall–Kier alpha value is -4.01. The van der Waals surface area contributed by atoms with Gasteiger partial charge in [-0.2, -0.15) is 15.2 Å². The van der Waals surface area contributed by atoms with Gasteiger partial charge in [0.05, 0.1) is 0 Å². The fraction of sp³-hybridized carbons (Fsp3) is 0.0769. The van der Waals surface area contributed by atoms with Crippen molar-refractivity contribution in [1.82, 2.24) is 20.9 Å². The number of nitrogen functional groups attached to an aromatic ring is 1. The Morgan fingerprint density at radius 2 is 2.04 bits per heavy atom. The number of carbonyl (C=O) groups is 4. The van der Waals surface area contributed by atoms with Gasteiger partial charge in [0.1, 0.15) is 0 Å². The molecule has 1 fully saturated rings. The quantitative estimate of drug-likeness (QED) is 0.395. The molecule has 12 heteroatoms. The van der Waals surface area contributed by atoms with E-state index in [2.05, 4.69) is 20.9 Å². The van der Waals surface area contributed by atoms with E-state index in [1.165, 1.54) is 24.4 Å². The lowest BCUT2D eigenvalue weighted by Crippen LogP contribution is -2.78. The van der Waals surface area contributed by atoms with Gasteiger partial charge in [-0.25, -0.2) is 9.59 Å². The van der Waals surface area contributed by atoms with Crippen molar-refractivity contribution < 1.29 is 23.9 Å². The van der Waals surface area contributed by atoms with Gasteiger partial charge in [-0.3, -0.25) is 24.9 Å². The SMILES string of the molecule is F.N#CN1C(=O)NC2(NC(=O)c3cccc(N)c3)NC(=O)N=C2C1=O. The van der Waals surface area contributed by atoms with Gasteiger partial charge in [-0.15, -0.1) is 0 Å². The van der Waals surface area contributed by atoms with E-state index in [4.69, 9.17) is 11.0 Å². The molecule has 1 saturated heterocycles. The lowest BCUT2D eigenvalue weighted by atomic mass is 10.1. The fourth-order valence-electron chi connectivity index (χ4n) is 2.28. The number of benzene rings is 1. The normalized spacial score (nSPS) is 21.2. The standard InChI is InChI=1S/C13H9N7O4.FH/c14-5-20-10(22)8-13(19-12(20)24,18-11(23)16-8)17-9(21)6-2-1-3-7(15)4-6;/h1-4H,15H2,(H,17,21)(H,18,23)(H,19,24);1H. The third-order valence-electron chi connectivity index (χ3n) is 3.32. The zero-order valence-electron chi connectivity index (χ0n) is 12.3. The van der Waals surface area contributed by atoms with Crippen molar-refractivity contribution in [1.29, 1.82) is 5.26 Å². The van der Waals surface area contributed by atoms with Gasteiger partial charge in [-0.1, -0.05) is 6.07 Å². The van der Waals surface area contributed by atoms with Gasteiger partial charge in [-0.05, 0) is 18.2 Å². The van der Waals surface area contributed by atoms with E-state index >= 15 is 0 Å². The molecule has 2 heterocycles. The highest BCUT2D eigenvalue weighted by Gasteiger charge is 2.55. The molecule has 11 nitrogen and oxygen atoms in total. The van der Waals surface area contributed by atoms with Crippen LogP contribution in [0, 0.1) is 11.5 Å². The van der Waals surface area contributed by atoms with Crippen LogP contribution in [0.25, 0.3) is 0 Å². The lowest BCUT2D eigenvalue weighted by molar-refractivity contribution is -0.120. The molecule has 2 aliphatic rings. The summed E-state index contributed by atoms with van der Waals surface area (Å²) in [6, 6.07) is 3.85. The van der Waals surface area contributed by atoms with E-state index < -0.39 is 35.4 Å². The first kappa shape index (κ1) is 17.3. The largest absolute Gasteiger partial charge is 0.399 e. The Kier molecular flexibility index (Phi) is 4.09. The third kappa shape index (κ3) is 2.70. The van der Waals surface area contributed by atoms with Crippen LogP contribution in [0.4, 0.5) is 20.0 Å². The van der Waals surface area contributed by atoms with E-state index in [0.717, 1.165) is 0 Å². The third-order valence-corrected chi connectivity index (χ3v) is 3.32. The van der Waals surface area contributed by atoms with Crippen molar-refractivity contribution in [3.63, 3.8) is 0 Å². The van der Waals surface area contributed by atoms with Crippen molar-refractivity contribution in [2.75, 3.05) is 5.73 Å². The van der Waals surface area contributed by atoms with Crippen molar-refractivity contribution in [2.24, 2.45) is 4.99 Å². The van der Waals surface area contributed by atoms with Crippen molar-refractivity contribution in [3.8, 4) is 6.19 Å². The van der Waals surface area contributed by atoms with Crippen LogP contribution in [0.15, 0.2) is 29.3 Å². The fourth-order valence-corrected chi connectivity index (χ4v) is 2.28. The number of halogens is 1. The maximum Gasteiger partial charge on any atom is 0.345 e. The number of nitriles is 1. The van der Waals surface area contributed by atoms with E-state index in [9.17, 15) is 19.2 Å². The smallest absolute Gasteiger partial charge is 0.345 e. The number of nitrogens with two attached hydrogens (primary N) is 1. The number of imide groups is 1. The van der Waals surface area contributed by atoms with E-state index in [-0.39, 0.29) is 15.2 Å². The zero-order valence-corrected chi connectivity index (χ0v) is 12.3. The number of carbonyl (C=O) groups excluding carboxylic acids is 4.